The monoisotopic (exact) mass is 427 g/mol. The Kier molecular flexibility index (Phi) is 5.27. The molecule has 1 N–H and O–H groups in total. The molecule has 0 atom stereocenters. The number of nitrogens with zero attached hydrogens (tertiary/aromatic N) is 2. The molecule has 0 radical (unpaired) electrons. The van der Waals surface area contributed by atoms with Crippen molar-refractivity contribution < 1.29 is 14.0 Å². The summed E-state index contributed by atoms with van der Waals surface area (Å²) in [5.41, 5.74) is 4.42. The van der Waals surface area contributed by atoms with Crippen LogP contribution in [0.1, 0.15) is 29.7 Å². The van der Waals surface area contributed by atoms with Gasteiger partial charge < -0.3 is 14.6 Å². The Morgan fingerprint density at radius 1 is 0.906 bits per heavy atom. The Bertz CT molecular complexity index is 1160. The number of benzene rings is 2. The van der Waals surface area contributed by atoms with Gasteiger partial charge in [-0.05, 0) is 61.7 Å². The van der Waals surface area contributed by atoms with E-state index in [0.717, 1.165) is 24.3 Å². The molecule has 6 nitrogen and oxygen atoms in total. The first-order chi connectivity index (χ1) is 15.6. The molecule has 0 aliphatic carbocycles. The largest absolute Gasteiger partial charge is 0.467 e. The van der Waals surface area contributed by atoms with Crippen LogP contribution in [0.25, 0.3) is 5.57 Å². The molecule has 2 aliphatic heterocycles. The fraction of sp³-hybridized carbons (Fsp3) is 0.231. The van der Waals surface area contributed by atoms with E-state index in [0.29, 0.717) is 22.6 Å². The zero-order valence-electron chi connectivity index (χ0n) is 18.0. The average Bonchev–Trinajstić information content (AvgIpc) is 3.56. The Labute approximate surface area is 187 Å². The van der Waals surface area contributed by atoms with Gasteiger partial charge in [0.05, 0.1) is 18.4 Å². The number of anilines is 2. The number of hydrogen-bond acceptors (Lipinski definition) is 5. The second-order valence-electron chi connectivity index (χ2n) is 8.26. The van der Waals surface area contributed by atoms with Gasteiger partial charge in [-0.25, -0.2) is 0 Å². The lowest BCUT2D eigenvalue weighted by molar-refractivity contribution is -0.137. The number of imide groups is 1. The first-order valence-electron chi connectivity index (χ1n) is 10.9. The fourth-order valence-corrected chi connectivity index (χ4v) is 4.26. The van der Waals surface area contributed by atoms with Crippen molar-refractivity contribution in [3.63, 3.8) is 0 Å². The van der Waals surface area contributed by atoms with Crippen LogP contribution in [0.3, 0.4) is 0 Å². The van der Waals surface area contributed by atoms with Gasteiger partial charge in [-0.15, -0.1) is 0 Å². The van der Waals surface area contributed by atoms with Crippen molar-refractivity contribution in [2.75, 3.05) is 23.3 Å². The van der Waals surface area contributed by atoms with Crippen LogP contribution < -0.4 is 10.2 Å². The van der Waals surface area contributed by atoms with Crippen molar-refractivity contribution in [2.45, 2.75) is 26.3 Å². The molecule has 2 amide bonds. The summed E-state index contributed by atoms with van der Waals surface area (Å²) in [6, 6.07) is 19.2. The highest BCUT2D eigenvalue weighted by atomic mass is 16.3. The van der Waals surface area contributed by atoms with Crippen LogP contribution in [0, 0.1) is 6.92 Å². The Morgan fingerprint density at radius 2 is 1.62 bits per heavy atom. The molecule has 0 saturated carbocycles. The number of rotatable bonds is 6. The van der Waals surface area contributed by atoms with Crippen LogP contribution in [0.4, 0.5) is 11.4 Å². The Hall–Kier alpha value is -3.80. The lowest BCUT2D eigenvalue weighted by Gasteiger charge is -2.18. The lowest BCUT2D eigenvalue weighted by atomic mass is 10.0. The number of amides is 2. The third-order valence-electron chi connectivity index (χ3n) is 6.01. The molecule has 3 heterocycles. The van der Waals surface area contributed by atoms with Crippen LogP contribution in [0.2, 0.25) is 0 Å². The summed E-state index contributed by atoms with van der Waals surface area (Å²) in [5.74, 6) is -0.122. The number of aryl methyl sites for hydroxylation is 1. The number of carbonyl (C=O) groups excluding carboxylic acids is 2. The number of nitrogens with one attached hydrogen (secondary N) is 1. The van der Waals surface area contributed by atoms with Crippen molar-refractivity contribution in [1.82, 2.24) is 4.90 Å². The van der Waals surface area contributed by atoms with Gasteiger partial charge in [0.2, 0.25) is 0 Å². The molecule has 1 fully saturated rings. The maximum atomic E-state index is 13.3. The van der Waals surface area contributed by atoms with Gasteiger partial charge in [-0.2, -0.15) is 0 Å². The second kappa shape index (κ2) is 8.38. The maximum absolute atomic E-state index is 13.3. The predicted molar refractivity (Wildman–Crippen MR) is 124 cm³/mol. The Morgan fingerprint density at radius 3 is 2.28 bits per heavy atom. The summed E-state index contributed by atoms with van der Waals surface area (Å²) in [7, 11) is 0. The molecule has 1 aromatic heterocycles. The highest BCUT2D eigenvalue weighted by Gasteiger charge is 2.39. The quantitative estimate of drug-likeness (QED) is 0.584. The summed E-state index contributed by atoms with van der Waals surface area (Å²) in [5, 5.41) is 3.23. The normalized spacial score (nSPS) is 16.4. The van der Waals surface area contributed by atoms with E-state index < -0.39 is 0 Å². The van der Waals surface area contributed by atoms with E-state index in [1.165, 1.54) is 29.7 Å². The topological polar surface area (TPSA) is 65.8 Å². The van der Waals surface area contributed by atoms with Crippen molar-refractivity contribution in [2.24, 2.45) is 0 Å². The smallest absolute Gasteiger partial charge is 0.278 e. The van der Waals surface area contributed by atoms with Crippen molar-refractivity contribution in [3.8, 4) is 0 Å². The summed E-state index contributed by atoms with van der Waals surface area (Å²) in [6.07, 6.45) is 3.97. The highest BCUT2D eigenvalue weighted by Crippen LogP contribution is 2.32. The van der Waals surface area contributed by atoms with Crippen molar-refractivity contribution >= 4 is 28.8 Å². The minimum atomic E-state index is -0.356. The van der Waals surface area contributed by atoms with Gasteiger partial charge >= 0.3 is 0 Å². The SMILES string of the molecule is Cc1ccc(C2=C(Nc3ccc(N4CCCC4)cc3)C(=O)N(Cc3ccco3)C2=O)cc1. The molecule has 0 spiro atoms. The predicted octanol–water partition coefficient (Wildman–Crippen LogP) is 4.58. The van der Waals surface area contributed by atoms with E-state index in [9.17, 15) is 9.59 Å². The Balaban J connectivity index is 1.47. The van der Waals surface area contributed by atoms with Crippen LogP contribution in [-0.4, -0.2) is 29.8 Å². The van der Waals surface area contributed by atoms with Gasteiger partial charge in [-0.3, -0.25) is 14.5 Å². The fourth-order valence-electron chi connectivity index (χ4n) is 4.26. The first-order valence-corrected chi connectivity index (χ1v) is 10.9. The van der Waals surface area contributed by atoms with Crippen LogP contribution in [-0.2, 0) is 16.1 Å². The van der Waals surface area contributed by atoms with E-state index in [1.807, 2.05) is 43.3 Å². The van der Waals surface area contributed by atoms with Crippen molar-refractivity contribution in [3.05, 3.63) is 89.5 Å². The minimum Gasteiger partial charge on any atom is -0.467 e. The van der Waals surface area contributed by atoms with Gasteiger partial charge in [0.25, 0.3) is 11.8 Å². The second-order valence-corrected chi connectivity index (χ2v) is 8.26. The maximum Gasteiger partial charge on any atom is 0.278 e. The molecule has 2 aliphatic rings. The minimum absolute atomic E-state index is 0.0963. The molecule has 0 bridgehead atoms. The summed E-state index contributed by atoms with van der Waals surface area (Å²) in [6.45, 7) is 4.23. The van der Waals surface area contributed by atoms with E-state index in [-0.39, 0.29) is 18.4 Å². The molecular weight excluding hydrogens is 402 g/mol. The molecule has 3 aromatic rings. The van der Waals surface area contributed by atoms with Crippen LogP contribution >= 0.6 is 0 Å². The van der Waals surface area contributed by atoms with Crippen molar-refractivity contribution in [1.29, 1.82) is 0 Å². The van der Waals surface area contributed by atoms with E-state index in [2.05, 4.69) is 22.3 Å². The number of carbonyl (C=O) groups is 2. The lowest BCUT2D eigenvalue weighted by Crippen LogP contribution is -2.31. The highest BCUT2D eigenvalue weighted by molar-refractivity contribution is 6.36. The zero-order chi connectivity index (χ0) is 22.1. The first kappa shape index (κ1) is 20.1. The van der Waals surface area contributed by atoms with Gasteiger partial charge in [0.15, 0.2) is 0 Å². The van der Waals surface area contributed by atoms with Gasteiger partial charge in [-0.1, -0.05) is 29.8 Å². The van der Waals surface area contributed by atoms with E-state index in [4.69, 9.17) is 4.42 Å². The number of furan rings is 1. The van der Waals surface area contributed by atoms with Crippen LogP contribution in [0.15, 0.2) is 77.0 Å². The molecule has 5 rings (SSSR count). The third kappa shape index (κ3) is 3.80. The molecule has 32 heavy (non-hydrogen) atoms. The molecular formula is C26H25N3O3. The molecule has 2 aromatic carbocycles. The average molecular weight is 428 g/mol. The summed E-state index contributed by atoms with van der Waals surface area (Å²) < 4.78 is 5.37. The number of hydrogen-bond donors (Lipinski definition) is 1. The van der Waals surface area contributed by atoms with E-state index in [1.54, 1.807) is 12.1 Å². The van der Waals surface area contributed by atoms with E-state index >= 15 is 0 Å². The third-order valence-corrected chi connectivity index (χ3v) is 6.01. The summed E-state index contributed by atoms with van der Waals surface area (Å²) in [4.78, 5) is 30.2. The molecule has 1 saturated heterocycles. The van der Waals surface area contributed by atoms with Crippen LogP contribution in [0.5, 0.6) is 0 Å². The van der Waals surface area contributed by atoms with Gasteiger partial charge in [0, 0.05) is 24.5 Å². The standard InChI is InChI=1S/C26H25N3O3/c1-18-6-8-19(9-7-18)23-24(26(31)29(25(23)30)17-22-5-4-16-32-22)27-20-10-12-21(13-11-20)28-14-2-3-15-28/h4-13,16,27H,2-3,14-15,17H2,1H3. The molecule has 6 heteroatoms. The van der Waals surface area contributed by atoms with Gasteiger partial charge in [0.1, 0.15) is 11.5 Å². The summed E-state index contributed by atoms with van der Waals surface area (Å²) >= 11 is 0. The molecule has 0 unspecified atom stereocenters. The zero-order valence-corrected chi connectivity index (χ0v) is 18.0. The molecule has 162 valence electrons.